The predicted octanol–water partition coefficient (Wildman–Crippen LogP) is 17.3. The zero-order valence-electron chi connectivity index (χ0n) is 36.4. The Hall–Kier alpha value is -8.52. The molecule has 0 aromatic heterocycles. The lowest BCUT2D eigenvalue weighted by molar-refractivity contribution is 0.768. The lowest BCUT2D eigenvalue weighted by Gasteiger charge is -2.34. The van der Waals surface area contributed by atoms with E-state index in [0.29, 0.717) is 0 Å². The topological polar surface area (TPSA) is 3.24 Å². The summed E-state index contributed by atoms with van der Waals surface area (Å²) < 4.78 is 0. The van der Waals surface area contributed by atoms with Gasteiger partial charge in [0.25, 0.3) is 0 Å². The molecule has 12 rings (SSSR count). The number of nitrogens with zero attached hydrogens (tertiary/aromatic N) is 1. The molecule has 0 N–H and O–H groups in total. The molecular formula is C65H45N. The van der Waals surface area contributed by atoms with Crippen molar-refractivity contribution >= 4 is 27.8 Å². The van der Waals surface area contributed by atoms with E-state index in [0.717, 1.165) is 22.6 Å². The number of rotatable bonds is 9. The van der Waals surface area contributed by atoms with Crippen molar-refractivity contribution in [2.75, 3.05) is 4.90 Å². The summed E-state index contributed by atoms with van der Waals surface area (Å²) in [6, 6.07) is 100.0. The summed E-state index contributed by atoms with van der Waals surface area (Å²) in [6.45, 7) is 0. The third-order valence-corrected chi connectivity index (χ3v) is 13.6. The smallest absolute Gasteiger partial charge is 0.0714 e. The molecule has 0 aliphatic heterocycles. The van der Waals surface area contributed by atoms with E-state index in [4.69, 9.17) is 0 Å². The summed E-state index contributed by atoms with van der Waals surface area (Å²) in [5.41, 5.74) is 19.9. The van der Waals surface area contributed by atoms with Gasteiger partial charge in [0.15, 0.2) is 0 Å². The maximum absolute atomic E-state index is 2.47. The molecule has 0 unspecified atom stereocenters. The van der Waals surface area contributed by atoms with Crippen LogP contribution in [-0.4, -0.2) is 0 Å². The molecule has 66 heavy (non-hydrogen) atoms. The van der Waals surface area contributed by atoms with Gasteiger partial charge in [-0.25, -0.2) is 0 Å². The van der Waals surface area contributed by atoms with Crippen molar-refractivity contribution in [1.82, 2.24) is 0 Å². The van der Waals surface area contributed by atoms with Gasteiger partial charge in [0.05, 0.1) is 11.1 Å². The average Bonchev–Trinajstić information content (AvgIpc) is 3.71. The Bertz CT molecular complexity index is 3460. The van der Waals surface area contributed by atoms with Crippen molar-refractivity contribution in [3.63, 3.8) is 0 Å². The fourth-order valence-electron chi connectivity index (χ4n) is 10.6. The number of fused-ring (bicyclic) bond motifs is 4. The molecule has 0 bridgehead atoms. The molecule has 1 aliphatic carbocycles. The van der Waals surface area contributed by atoms with Gasteiger partial charge in [-0.05, 0) is 113 Å². The largest absolute Gasteiger partial charge is 0.310 e. The normalized spacial score (nSPS) is 12.4. The quantitative estimate of drug-likeness (QED) is 0.140. The number of benzene rings is 11. The van der Waals surface area contributed by atoms with Crippen molar-refractivity contribution in [2.24, 2.45) is 0 Å². The highest BCUT2D eigenvalue weighted by Crippen LogP contribution is 2.59. The minimum Gasteiger partial charge on any atom is -0.310 e. The Balaban J connectivity index is 1.04. The first-order valence-corrected chi connectivity index (χ1v) is 22.8. The molecule has 0 fully saturated rings. The highest BCUT2D eigenvalue weighted by atomic mass is 15.1. The van der Waals surface area contributed by atoms with Gasteiger partial charge in [-0.3, -0.25) is 0 Å². The van der Waals surface area contributed by atoms with Crippen molar-refractivity contribution in [1.29, 1.82) is 0 Å². The molecule has 11 aromatic rings. The van der Waals surface area contributed by atoms with Crippen LogP contribution in [0, 0.1) is 0 Å². The Kier molecular flexibility index (Phi) is 9.81. The van der Waals surface area contributed by atoms with Crippen LogP contribution in [0.2, 0.25) is 0 Å². The summed E-state index contributed by atoms with van der Waals surface area (Å²) in [5.74, 6) is 0. The van der Waals surface area contributed by atoms with E-state index in [9.17, 15) is 0 Å². The molecule has 310 valence electrons. The van der Waals surface area contributed by atoms with Crippen LogP contribution >= 0.6 is 0 Å². The Morgan fingerprint density at radius 3 is 1.45 bits per heavy atom. The second-order valence-corrected chi connectivity index (χ2v) is 17.2. The minimum absolute atomic E-state index is 0.519. The van der Waals surface area contributed by atoms with E-state index >= 15 is 0 Å². The first kappa shape index (κ1) is 39.1. The maximum Gasteiger partial charge on any atom is 0.0714 e. The van der Waals surface area contributed by atoms with E-state index in [1.54, 1.807) is 0 Å². The fraction of sp³-hybridized carbons (Fsp3) is 0.0154. The van der Waals surface area contributed by atoms with Crippen LogP contribution in [0.5, 0.6) is 0 Å². The van der Waals surface area contributed by atoms with Crippen molar-refractivity contribution in [3.8, 4) is 55.6 Å². The molecule has 0 spiro atoms. The van der Waals surface area contributed by atoms with Crippen molar-refractivity contribution in [2.45, 2.75) is 5.41 Å². The van der Waals surface area contributed by atoms with Gasteiger partial charge in [-0.2, -0.15) is 0 Å². The second kappa shape index (κ2) is 16.6. The molecule has 1 nitrogen and oxygen atoms in total. The van der Waals surface area contributed by atoms with Crippen molar-refractivity contribution in [3.05, 3.63) is 295 Å². The van der Waals surface area contributed by atoms with Crippen LogP contribution in [0.1, 0.15) is 22.3 Å². The van der Waals surface area contributed by atoms with Gasteiger partial charge in [-0.15, -0.1) is 0 Å². The number of hydrogen-bond donors (Lipinski definition) is 0. The summed E-state index contributed by atoms with van der Waals surface area (Å²) >= 11 is 0. The minimum atomic E-state index is -0.519. The second-order valence-electron chi connectivity index (χ2n) is 17.2. The van der Waals surface area contributed by atoms with Crippen LogP contribution < -0.4 is 4.90 Å². The fourth-order valence-corrected chi connectivity index (χ4v) is 10.6. The van der Waals surface area contributed by atoms with E-state index in [1.807, 2.05) is 0 Å². The molecular weight excluding hydrogens is 795 g/mol. The van der Waals surface area contributed by atoms with Crippen LogP contribution in [0.15, 0.2) is 273 Å². The highest BCUT2D eigenvalue weighted by Gasteiger charge is 2.47. The highest BCUT2D eigenvalue weighted by molar-refractivity contribution is 5.99. The number of anilines is 3. The molecule has 11 aromatic carbocycles. The first-order valence-electron chi connectivity index (χ1n) is 22.8. The van der Waals surface area contributed by atoms with E-state index in [-0.39, 0.29) is 0 Å². The molecule has 0 amide bonds. The van der Waals surface area contributed by atoms with E-state index in [1.165, 1.54) is 83.1 Å². The third kappa shape index (κ3) is 6.56. The average molecular weight is 840 g/mol. The standard InChI is InChI=1S/C65H45N/c1-4-19-47(20-5-1)56-30-12-13-31-58(56)50-41-43-54(44-42-50)66(55-28-16-23-51(45-55)46-37-39-49(40-38-46)59-33-17-22-48-21-10-11-29-57(48)59)63-36-18-35-62-64(63)60-32-14-15-34-61(60)65(62,52-24-6-2-7-25-52)53-26-8-3-9-27-53/h1-45H. The van der Waals surface area contributed by atoms with E-state index in [2.05, 4.69) is 278 Å². The summed E-state index contributed by atoms with van der Waals surface area (Å²) in [5, 5.41) is 2.51. The molecule has 0 heterocycles. The summed E-state index contributed by atoms with van der Waals surface area (Å²) in [7, 11) is 0. The van der Waals surface area contributed by atoms with Gasteiger partial charge in [0.1, 0.15) is 0 Å². The van der Waals surface area contributed by atoms with Crippen LogP contribution in [0.4, 0.5) is 17.1 Å². The number of hydrogen-bond acceptors (Lipinski definition) is 1. The van der Waals surface area contributed by atoms with Gasteiger partial charge in [-0.1, -0.05) is 243 Å². The molecule has 1 heteroatoms. The Morgan fingerprint density at radius 1 is 0.273 bits per heavy atom. The third-order valence-electron chi connectivity index (χ3n) is 13.6. The van der Waals surface area contributed by atoms with Gasteiger partial charge in [0, 0.05) is 16.9 Å². The van der Waals surface area contributed by atoms with E-state index < -0.39 is 5.41 Å². The molecule has 0 radical (unpaired) electrons. The molecule has 0 saturated carbocycles. The predicted molar refractivity (Wildman–Crippen MR) is 278 cm³/mol. The molecule has 1 aliphatic rings. The van der Waals surface area contributed by atoms with Gasteiger partial charge in [0.2, 0.25) is 0 Å². The maximum atomic E-state index is 2.47. The van der Waals surface area contributed by atoms with Crippen LogP contribution in [0.25, 0.3) is 66.4 Å². The zero-order valence-corrected chi connectivity index (χ0v) is 36.4. The lowest BCUT2D eigenvalue weighted by Crippen LogP contribution is -2.28. The van der Waals surface area contributed by atoms with Crippen LogP contribution in [0.3, 0.4) is 0 Å². The zero-order chi connectivity index (χ0) is 43.9. The Morgan fingerprint density at radius 2 is 0.742 bits per heavy atom. The first-order chi connectivity index (χ1) is 32.8. The monoisotopic (exact) mass is 839 g/mol. The van der Waals surface area contributed by atoms with Gasteiger partial charge >= 0.3 is 0 Å². The molecule has 0 atom stereocenters. The summed E-state index contributed by atoms with van der Waals surface area (Å²) in [4.78, 5) is 2.47. The lowest BCUT2D eigenvalue weighted by atomic mass is 9.68. The Labute approximate surface area is 387 Å². The van der Waals surface area contributed by atoms with Crippen molar-refractivity contribution < 1.29 is 0 Å². The molecule has 0 saturated heterocycles. The SMILES string of the molecule is c1ccc(-c2ccccc2-c2ccc(N(c3cccc(-c4ccc(-c5cccc6ccccc56)cc4)c3)c3cccc4c3-c3ccccc3C4(c3ccccc3)c3ccccc3)cc2)cc1. The summed E-state index contributed by atoms with van der Waals surface area (Å²) in [6.07, 6.45) is 0. The van der Waals surface area contributed by atoms with Crippen LogP contribution in [-0.2, 0) is 5.41 Å². The van der Waals surface area contributed by atoms with Gasteiger partial charge < -0.3 is 4.90 Å².